The van der Waals surface area contributed by atoms with Crippen LogP contribution in [0.15, 0.2) is 97.1 Å². The highest BCUT2D eigenvalue weighted by molar-refractivity contribution is 6.88. The third-order valence-corrected chi connectivity index (χ3v) is 7.45. The van der Waals surface area contributed by atoms with Crippen molar-refractivity contribution in [3.63, 3.8) is 0 Å². The third kappa shape index (κ3) is 4.25. The molecule has 0 amide bonds. The monoisotopic (exact) mass is 395 g/mol. The van der Waals surface area contributed by atoms with Gasteiger partial charge in [-0.2, -0.15) is 0 Å². The Bertz CT molecular complexity index is 1220. The van der Waals surface area contributed by atoms with E-state index in [1.165, 1.54) is 5.19 Å². The van der Waals surface area contributed by atoms with Crippen molar-refractivity contribution in [2.45, 2.75) is 26.5 Å². The maximum atomic E-state index is 8.18. The van der Waals surface area contributed by atoms with E-state index in [0.717, 1.165) is 33.4 Å². The van der Waals surface area contributed by atoms with Crippen LogP contribution in [0.25, 0.3) is 33.4 Å². The molecule has 4 aromatic rings. The summed E-state index contributed by atoms with van der Waals surface area (Å²) in [6.45, 7) is 4.75. The average molecular weight is 396 g/mol. The van der Waals surface area contributed by atoms with E-state index in [-0.39, 0.29) is 0 Å². The first-order valence-corrected chi connectivity index (χ1v) is 13.5. The Morgan fingerprint density at radius 2 is 1.14 bits per heavy atom. The molecule has 0 aliphatic carbocycles. The molecule has 0 atom stereocenters. The van der Waals surface area contributed by atoms with Crippen LogP contribution in [0.1, 0.15) is 9.68 Å². The van der Waals surface area contributed by atoms with Crippen molar-refractivity contribution in [3.05, 3.63) is 103 Å². The van der Waals surface area contributed by atoms with Crippen LogP contribution in [-0.4, -0.2) is 8.07 Å². The lowest BCUT2D eigenvalue weighted by Crippen LogP contribution is -2.37. The molecule has 4 rings (SSSR count). The van der Waals surface area contributed by atoms with E-state index in [4.69, 9.17) is 4.11 Å². The Labute approximate surface area is 180 Å². The Morgan fingerprint density at radius 3 is 1.79 bits per heavy atom. The highest BCUT2D eigenvalue weighted by atomic mass is 28.3. The first-order valence-electron chi connectivity index (χ1n) is 11.5. The van der Waals surface area contributed by atoms with Crippen molar-refractivity contribution < 1.29 is 4.11 Å². The van der Waals surface area contributed by atoms with E-state index in [2.05, 4.69) is 68.2 Å². The minimum atomic E-state index is -2.19. The Kier molecular flexibility index (Phi) is 4.32. The van der Waals surface area contributed by atoms with Crippen LogP contribution in [0.2, 0.25) is 19.6 Å². The van der Waals surface area contributed by atoms with Crippen LogP contribution < -0.4 is 5.19 Å². The molecule has 0 bridgehead atoms. The number of rotatable bonds is 4. The van der Waals surface area contributed by atoms with Crippen molar-refractivity contribution in [1.29, 1.82) is 0 Å². The summed E-state index contributed by atoms with van der Waals surface area (Å²) < 4.78 is 24.5. The van der Waals surface area contributed by atoms with E-state index >= 15 is 0 Å². The van der Waals surface area contributed by atoms with E-state index < -0.39 is 14.9 Å². The number of aryl methyl sites for hydroxylation is 1. The van der Waals surface area contributed by atoms with Gasteiger partial charge < -0.3 is 0 Å². The second kappa shape index (κ2) is 7.85. The van der Waals surface area contributed by atoms with Gasteiger partial charge in [0.1, 0.15) is 0 Å². The zero-order chi connectivity index (χ0) is 22.9. The fraction of sp³-hybridized carbons (Fsp3) is 0.143. The lowest BCUT2D eigenvalue weighted by atomic mass is 9.94. The summed E-state index contributed by atoms with van der Waals surface area (Å²) >= 11 is 0. The highest BCUT2D eigenvalue weighted by Crippen LogP contribution is 2.30. The number of hydrogen-bond acceptors (Lipinski definition) is 0. The fourth-order valence-corrected chi connectivity index (χ4v) is 4.80. The highest BCUT2D eigenvalue weighted by Gasteiger charge is 2.16. The summed E-state index contributed by atoms with van der Waals surface area (Å²) in [5.41, 5.74) is 6.29. The molecule has 0 fully saturated rings. The molecule has 0 radical (unpaired) electrons. The second-order valence-corrected chi connectivity index (χ2v) is 13.6. The molecule has 0 saturated heterocycles. The quantitative estimate of drug-likeness (QED) is 0.313. The summed E-state index contributed by atoms with van der Waals surface area (Å²) in [6, 6.07) is 32.7. The molecule has 0 aliphatic heterocycles. The average Bonchev–Trinajstić information content (AvgIpc) is 2.78. The first kappa shape index (κ1) is 16.0. The van der Waals surface area contributed by atoms with Gasteiger partial charge in [-0.3, -0.25) is 0 Å². The maximum Gasteiger partial charge on any atom is 0.0775 e. The van der Waals surface area contributed by atoms with Gasteiger partial charge in [0.15, 0.2) is 0 Å². The van der Waals surface area contributed by atoms with Crippen LogP contribution in [0.4, 0.5) is 0 Å². The fourth-order valence-electron chi connectivity index (χ4n) is 3.63. The van der Waals surface area contributed by atoms with Crippen molar-refractivity contribution in [2.75, 3.05) is 0 Å². The topological polar surface area (TPSA) is 0 Å². The van der Waals surface area contributed by atoms with Crippen LogP contribution >= 0.6 is 0 Å². The van der Waals surface area contributed by atoms with Crippen molar-refractivity contribution >= 4 is 13.3 Å². The molecule has 1 heteroatoms. The predicted molar refractivity (Wildman–Crippen MR) is 130 cm³/mol. The van der Waals surface area contributed by atoms with Gasteiger partial charge in [0.2, 0.25) is 0 Å². The molecule has 0 N–H and O–H groups in total. The minimum Gasteiger partial charge on any atom is -0.0656 e. The van der Waals surface area contributed by atoms with Gasteiger partial charge in [-0.05, 0) is 51.9 Å². The summed E-state index contributed by atoms with van der Waals surface area (Å²) in [7, 11) is -1.41. The van der Waals surface area contributed by atoms with Crippen LogP contribution in [0.5, 0.6) is 0 Å². The summed E-state index contributed by atoms with van der Waals surface area (Å²) in [6.07, 6.45) is 0. The molecule has 29 heavy (non-hydrogen) atoms. The molecule has 0 saturated carbocycles. The predicted octanol–water partition coefficient (Wildman–Crippen LogP) is 7.54. The van der Waals surface area contributed by atoms with Crippen LogP contribution in [0.3, 0.4) is 0 Å². The lowest BCUT2D eigenvalue weighted by molar-refractivity contribution is 1.45. The van der Waals surface area contributed by atoms with Gasteiger partial charge in [-0.1, -0.05) is 116 Å². The standard InChI is InChI=1S/C28H28Si/c1-21-19-26(25-12-8-11-24(20-25)22-9-6-5-7-10-22)15-18-28(21)23-13-16-27(17-14-23)29(2,3)4/h5-20H,1-4H3/i1D3. The summed E-state index contributed by atoms with van der Waals surface area (Å²) in [4.78, 5) is 0. The SMILES string of the molecule is [2H]C([2H])([2H])c1cc(-c2cccc(-c3ccccc3)c2)ccc1-c1ccc([Si](C)(C)C)cc1. The van der Waals surface area contributed by atoms with Gasteiger partial charge >= 0.3 is 0 Å². The van der Waals surface area contributed by atoms with Crippen LogP contribution in [0, 0.1) is 6.85 Å². The maximum absolute atomic E-state index is 8.18. The first-order chi connectivity index (χ1) is 15.1. The number of benzene rings is 4. The molecular weight excluding hydrogens is 364 g/mol. The van der Waals surface area contributed by atoms with Crippen molar-refractivity contribution in [2.24, 2.45) is 0 Å². The van der Waals surface area contributed by atoms with Gasteiger partial charge in [-0.25, -0.2) is 0 Å². The summed E-state index contributed by atoms with van der Waals surface area (Å²) in [5.74, 6) is 0. The smallest absolute Gasteiger partial charge is 0.0656 e. The molecule has 0 unspecified atom stereocenters. The molecule has 0 aromatic heterocycles. The van der Waals surface area contributed by atoms with Crippen molar-refractivity contribution in [3.8, 4) is 33.4 Å². The van der Waals surface area contributed by atoms with Crippen molar-refractivity contribution in [1.82, 2.24) is 0 Å². The Hall–Kier alpha value is -2.90. The zero-order valence-corrected chi connectivity index (χ0v) is 18.2. The second-order valence-electron chi connectivity index (χ2n) is 8.53. The van der Waals surface area contributed by atoms with Gasteiger partial charge in [0.25, 0.3) is 0 Å². The van der Waals surface area contributed by atoms with E-state index in [9.17, 15) is 0 Å². The molecule has 0 nitrogen and oxygen atoms in total. The van der Waals surface area contributed by atoms with Crippen LogP contribution in [-0.2, 0) is 0 Å². The molecule has 0 spiro atoms. The third-order valence-electron chi connectivity index (χ3n) is 5.38. The van der Waals surface area contributed by atoms with E-state index in [1.807, 2.05) is 48.5 Å². The molecule has 0 heterocycles. The van der Waals surface area contributed by atoms with Gasteiger partial charge in [0.05, 0.1) is 8.07 Å². The molecule has 144 valence electrons. The molecule has 4 aromatic carbocycles. The molecule has 0 aliphatic rings. The number of hydrogen-bond donors (Lipinski definition) is 0. The van der Waals surface area contributed by atoms with E-state index in [1.54, 1.807) is 0 Å². The molecular formula is C28H28Si. The zero-order valence-electron chi connectivity index (χ0n) is 20.2. The van der Waals surface area contributed by atoms with Gasteiger partial charge in [-0.15, -0.1) is 0 Å². The Morgan fingerprint density at radius 1 is 0.552 bits per heavy atom. The largest absolute Gasteiger partial charge is 0.0775 e. The normalized spacial score (nSPS) is 13.4. The van der Waals surface area contributed by atoms with Gasteiger partial charge in [0, 0.05) is 4.11 Å². The lowest BCUT2D eigenvalue weighted by Gasteiger charge is -2.17. The minimum absolute atomic E-state index is 0.390. The summed E-state index contributed by atoms with van der Waals surface area (Å²) in [5, 5.41) is 1.37. The van der Waals surface area contributed by atoms with E-state index in [0.29, 0.717) is 5.56 Å². The Balaban J connectivity index is 1.78.